The number of carbonyl (C=O) groups excluding carboxylic acids is 1. The first-order valence-electron chi connectivity index (χ1n) is 6.35. The average molecular weight is 249 g/mol. The van der Waals surface area contributed by atoms with Crippen molar-refractivity contribution in [2.24, 2.45) is 5.92 Å². The van der Waals surface area contributed by atoms with E-state index in [1.54, 1.807) is 7.11 Å². The highest BCUT2D eigenvalue weighted by Crippen LogP contribution is 2.26. The van der Waals surface area contributed by atoms with Crippen LogP contribution in [-0.4, -0.2) is 26.2 Å². The highest BCUT2D eigenvalue weighted by molar-refractivity contribution is 5.79. The number of piperidine rings is 1. The zero-order chi connectivity index (χ0) is 12.8. The summed E-state index contributed by atoms with van der Waals surface area (Å²) in [4.78, 5) is 11.6. The van der Waals surface area contributed by atoms with E-state index in [0.29, 0.717) is 6.61 Å². The Morgan fingerprint density at radius 1 is 1.33 bits per heavy atom. The van der Waals surface area contributed by atoms with Crippen molar-refractivity contribution in [1.29, 1.82) is 0 Å². The smallest absolute Gasteiger partial charge is 0.223 e. The van der Waals surface area contributed by atoms with Gasteiger partial charge in [0.15, 0.2) is 11.5 Å². The summed E-state index contributed by atoms with van der Waals surface area (Å²) in [5, 5.41) is 2.88. The summed E-state index contributed by atoms with van der Waals surface area (Å²) in [5.74, 6) is 1.71. The fourth-order valence-corrected chi connectivity index (χ4v) is 2.16. The molecule has 1 atom stereocenters. The molecule has 0 aliphatic carbocycles. The largest absolute Gasteiger partial charge is 0.493 e. The molecule has 4 nitrogen and oxygen atoms in total. The van der Waals surface area contributed by atoms with E-state index in [2.05, 4.69) is 5.32 Å². The molecule has 1 aromatic carbocycles. The Kier molecular flexibility index (Phi) is 4.45. The number of para-hydroxylation sites is 2. The summed E-state index contributed by atoms with van der Waals surface area (Å²) >= 11 is 0. The molecule has 0 radical (unpaired) electrons. The van der Waals surface area contributed by atoms with Crippen molar-refractivity contribution >= 4 is 5.91 Å². The van der Waals surface area contributed by atoms with Crippen LogP contribution >= 0.6 is 0 Å². The minimum atomic E-state index is 0.0912. The quantitative estimate of drug-likeness (QED) is 0.868. The number of ether oxygens (including phenoxy) is 2. The lowest BCUT2D eigenvalue weighted by Gasteiger charge is -2.21. The SMILES string of the molecule is COc1ccccc1OCCC1CCCNC1=O. The normalized spacial score (nSPS) is 19.2. The van der Waals surface area contributed by atoms with Crippen LogP contribution in [0.4, 0.5) is 0 Å². The summed E-state index contributed by atoms with van der Waals surface area (Å²) in [6.45, 7) is 1.35. The predicted molar refractivity (Wildman–Crippen MR) is 68.8 cm³/mol. The second kappa shape index (κ2) is 6.28. The number of benzene rings is 1. The minimum absolute atomic E-state index is 0.0912. The Morgan fingerprint density at radius 2 is 2.11 bits per heavy atom. The second-order valence-corrected chi connectivity index (χ2v) is 4.42. The van der Waals surface area contributed by atoms with Crippen LogP contribution in [0.25, 0.3) is 0 Å². The van der Waals surface area contributed by atoms with Crippen LogP contribution in [0.1, 0.15) is 19.3 Å². The summed E-state index contributed by atoms with van der Waals surface area (Å²) in [6.07, 6.45) is 2.77. The maximum Gasteiger partial charge on any atom is 0.223 e. The lowest BCUT2D eigenvalue weighted by molar-refractivity contribution is -0.127. The number of methoxy groups -OCH3 is 1. The first kappa shape index (κ1) is 12.7. The zero-order valence-electron chi connectivity index (χ0n) is 10.6. The van der Waals surface area contributed by atoms with Gasteiger partial charge in [-0.15, -0.1) is 0 Å². The molecule has 0 aromatic heterocycles. The topological polar surface area (TPSA) is 47.6 Å². The Labute approximate surface area is 107 Å². The number of amides is 1. The van der Waals surface area contributed by atoms with Crippen LogP contribution in [-0.2, 0) is 4.79 Å². The van der Waals surface area contributed by atoms with Gasteiger partial charge in [-0.1, -0.05) is 12.1 Å². The van der Waals surface area contributed by atoms with Crippen molar-refractivity contribution < 1.29 is 14.3 Å². The van der Waals surface area contributed by atoms with Crippen LogP contribution in [0.15, 0.2) is 24.3 Å². The molecule has 1 saturated heterocycles. The van der Waals surface area contributed by atoms with Gasteiger partial charge in [-0.25, -0.2) is 0 Å². The Hall–Kier alpha value is -1.71. The summed E-state index contributed by atoms with van der Waals surface area (Å²) in [6, 6.07) is 7.55. The van der Waals surface area contributed by atoms with Crippen molar-refractivity contribution in [3.63, 3.8) is 0 Å². The maximum absolute atomic E-state index is 11.6. The highest BCUT2D eigenvalue weighted by Gasteiger charge is 2.21. The third-order valence-corrected chi connectivity index (χ3v) is 3.19. The molecule has 1 amide bonds. The van der Waals surface area contributed by atoms with Crippen molar-refractivity contribution in [2.75, 3.05) is 20.3 Å². The monoisotopic (exact) mass is 249 g/mol. The molecule has 1 heterocycles. The molecule has 98 valence electrons. The van der Waals surface area contributed by atoms with Crippen molar-refractivity contribution in [3.05, 3.63) is 24.3 Å². The van der Waals surface area contributed by atoms with E-state index in [1.807, 2.05) is 24.3 Å². The van der Waals surface area contributed by atoms with Crippen LogP contribution in [0.2, 0.25) is 0 Å². The first-order valence-corrected chi connectivity index (χ1v) is 6.35. The number of nitrogens with one attached hydrogen (secondary N) is 1. The van der Waals surface area contributed by atoms with E-state index >= 15 is 0 Å². The van der Waals surface area contributed by atoms with E-state index in [1.165, 1.54) is 0 Å². The van der Waals surface area contributed by atoms with Crippen molar-refractivity contribution in [2.45, 2.75) is 19.3 Å². The van der Waals surface area contributed by atoms with Crippen LogP contribution in [0, 0.1) is 5.92 Å². The van der Waals surface area contributed by atoms with E-state index < -0.39 is 0 Å². The molecule has 0 spiro atoms. The van der Waals surface area contributed by atoms with Gasteiger partial charge in [-0.05, 0) is 31.4 Å². The molecular weight excluding hydrogens is 230 g/mol. The highest BCUT2D eigenvalue weighted by atomic mass is 16.5. The van der Waals surface area contributed by atoms with Crippen molar-refractivity contribution in [3.8, 4) is 11.5 Å². The van der Waals surface area contributed by atoms with E-state index in [9.17, 15) is 4.79 Å². The lowest BCUT2D eigenvalue weighted by Crippen LogP contribution is -2.37. The third kappa shape index (κ3) is 3.15. The van der Waals surface area contributed by atoms with Gasteiger partial charge in [0.05, 0.1) is 13.7 Å². The summed E-state index contributed by atoms with van der Waals surface area (Å²) in [5.41, 5.74) is 0. The molecule has 0 saturated carbocycles. The van der Waals surface area contributed by atoms with E-state index in [0.717, 1.165) is 37.3 Å². The molecule has 0 bridgehead atoms. The average Bonchev–Trinajstić information content (AvgIpc) is 2.41. The molecule has 2 rings (SSSR count). The summed E-state index contributed by atoms with van der Waals surface area (Å²) < 4.78 is 10.9. The second-order valence-electron chi connectivity index (χ2n) is 4.42. The number of hydrogen-bond acceptors (Lipinski definition) is 3. The van der Waals surface area contributed by atoms with E-state index in [4.69, 9.17) is 9.47 Å². The Bertz CT molecular complexity index is 406. The van der Waals surface area contributed by atoms with Crippen LogP contribution in [0.5, 0.6) is 11.5 Å². The van der Waals surface area contributed by atoms with Gasteiger partial charge in [0.1, 0.15) is 0 Å². The molecule has 4 heteroatoms. The van der Waals surface area contributed by atoms with Crippen LogP contribution in [0.3, 0.4) is 0 Å². The lowest BCUT2D eigenvalue weighted by atomic mass is 9.96. The molecule has 1 N–H and O–H groups in total. The molecule has 1 fully saturated rings. The maximum atomic E-state index is 11.6. The number of hydrogen-bond donors (Lipinski definition) is 1. The molecule has 1 aliphatic rings. The molecule has 1 unspecified atom stereocenters. The number of carbonyl (C=O) groups is 1. The van der Waals surface area contributed by atoms with Gasteiger partial charge in [-0.3, -0.25) is 4.79 Å². The van der Waals surface area contributed by atoms with Gasteiger partial charge in [0.2, 0.25) is 5.91 Å². The van der Waals surface area contributed by atoms with Gasteiger partial charge in [-0.2, -0.15) is 0 Å². The van der Waals surface area contributed by atoms with Gasteiger partial charge >= 0.3 is 0 Å². The van der Waals surface area contributed by atoms with Gasteiger partial charge in [0.25, 0.3) is 0 Å². The van der Waals surface area contributed by atoms with E-state index in [-0.39, 0.29) is 11.8 Å². The third-order valence-electron chi connectivity index (χ3n) is 3.19. The molecule has 18 heavy (non-hydrogen) atoms. The van der Waals surface area contributed by atoms with Crippen LogP contribution < -0.4 is 14.8 Å². The Balaban J connectivity index is 1.82. The Morgan fingerprint density at radius 3 is 2.83 bits per heavy atom. The van der Waals surface area contributed by atoms with Gasteiger partial charge in [0, 0.05) is 12.5 Å². The molecular formula is C14H19NO3. The standard InChI is InChI=1S/C14H19NO3/c1-17-12-6-2-3-7-13(12)18-10-8-11-5-4-9-15-14(11)16/h2-3,6-7,11H,4-5,8-10H2,1H3,(H,15,16). The fraction of sp³-hybridized carbons (Fsp3) is 0.500. The molecule has 1 aliphatic heterocycles. The summed E-state index contributed by atoms with van der Waals surface area (Å²) in [7, 11) is 1.62. The first-order chi connectivity index (χ1) is 8.81. The fourth-order valence-electron chi connectivity index (χ4n) is 2.16. The van der Waals surface area contributed by atoms with Gasteiger partial charge < -0.3 is 14.8 Å². The predicted octanol–water partition coefficient (Wildman–Crippen LogP) is 1.99. The molecule has 1 aromatic rings. The van der Waals surface area contributed by atoms with Crippen molar-refractivity contribution in [1.82, 2.24) is 5.32 Å². The minimum Gasteiger partial charge on any atom is -0.493 e. The number of rotatable bonds is 5. The zero-order valence-corrected chi connectivity index (χ0v) is 10.6.